The van der Waals surface area contributed by atoms with Gasteiger partial charge in [-0.15, -0.1) is 11.3 Å². The van der Waals surface area contributed by atoms with Crippen molar-refractivity contribution in [2.24, 2.45) is 0 Å². The molecule has 96 valence electrons. The summed E-state index contributed by atoms with van der Waals surface area (Å²) in [5.74, 6) is -0.281. The third-order valence-corrected chi connectivity index (χ3v) is 4.06. The van der Waals surface area contributed by atoms with Gasteiger partial charge in [0.05, 0.1) is 3.79 Å². The van der Waals surface area contributed by atoms with Crippen LogP contribution in [0.2, 0.25) is 0 Å². The molecule has 2 rings (SSSR count). The average molecular weight is 329 g/mol. The summed E-state index contributed by atoms with van der Waals surface area (Å²) in [5.41, 5.74) is 8.24. The first-order valence-corrected chi connectivity index (χ1v) is 7.16. The molecule has 2 nitrogen and oxygen atoms in total. The van der Waals surface area contributed by atoms with E-state index in [1.54, 1.807) is 11.3 Å². The summed E-state index contributed by atoms with van der Waals surface area (Å²) in [7, 11) is 2.01. The number of hydrogen-bond donors (Lipinski definition) is 1. The van der Waals surface area contributed by atoms with E-state index in [4.69, 9.17) is 5.73 Å². The Hall–Kier alpha value is -0.910. The van der Waals surface area contributed by atoms with Crippen LogP contribution in [0.15, 0.2) is 33.4 Å². The van der Waals surface area contributed by atoms with E-state index < -0.39 is 0 Å². The molecule has 2 N–H and O–H groups in total. The summed E-state index contributed by atoms with van der Waals surface area (Å²) in [6.07, 6.45) is 0. The molecule has 18 heavy (non-hydrogen) atoms. The third kappa shape index (κ3) is 3.80. The maximum Gasteiger partial charge on any atom is 0.125 e. The van der Waals surface area contributed by atoms with E-state index in [9.17, 15) is 4.39 Å². The van der Waals surface area contributed by atoms with Gasteiger partial charge < -0.3 is 5.73 Å². The van der Waals surface area contributed by atoms with Crippen molar-refractivity contribution in [3.05, 3.63) is 50.4 Å². The topological polar surface area (TPSA) is 29.3 Å². The Bertz CT molecular complexity index is 521. The lowest BCUT2D eigenvalue weighted by atomic mass is 10.2. The number of nitrogen functional groups attached to an aromatic ring is 1. The second-order valence-corrected chi connectivity index (χ2v) is 6.61. The van der Waals surface area contributed by atoms with Crippen LogP contribution in [-0.2, 0) is 13.1 Å². The first kappa shape index (κ1) is 13.5. The van der Waals surface area contributed by atoms with E-state index >= 15 is 0 Å². The van der Waals surface area contributed by atoms with Gasteiger partial charge in [-0.2, -0.15) is 0 Å². The molecule has 0 aliphatic heterocycles. The molecule has 0 aliphatic rings. The van der Waals surface area contributed by atoms with Crippen LogP contribution < -0.4 is 5.73 Å². The molecular weight excluding hydrogens is 315 g/mol. The minimum atomic E-state index is -0.281. The predicted molar refractivity (Wildman–Crippen MR) is 78.0 cm³/mol. The highest BCUT2D eigenvalue weighted by Gasteiger charge is 2.05. The van der Waals surface area contributed by atoms with Crippen LogP contribution in [-0.4, -0.2) is 11.9 Å². The van der Waals surface area contributed by atoms with Crippen molar-refractivity contribution in [3.8, 4) is 0 Å². The molecule has 1 heterocycles. The quantitative estimate of drug-likeness (QED) is 0.863. The van der Waals surface area contributed by atoms with Crippen molar-refractivity contribution in [3.63, 3.8) is 0 Å². The number of benzene rings is 1. The fourth-order valence-electron chi connectivity index (χ4n) is 1.87. The minimum absolute atomic E-state index is 0.281. The third-order valence-electron chi connectivity index (χ3n) is 2.51. The number of halogens is 2. The molecule has 0 radical (unpaired) electrons. The Morgan fingerprint density at radius 3 is 2.56 bits per heavy atom. The van der Waals surface area contributed by atoms with Gasteiger partial charge in [0.1, 0.15) is 5.82 Å². The number of nitrogens with two attached hydrogens (primary N) is 1. The smallest absolute Gasteiger partial charge is 0.125 e. The van der Waals surface area contributed by atoms with Crippen molar-refractivity contribution in [2.45, 2.75) is 13.1 Å². The molecule has 5 heteroatoms. The summed E-state index contributed by atoms with van der Waals surface area (Å²) in [6.45, 7) is 1.51. The van der Waals surface area contributed by atoms with Crippen LogP contribution in [0.4, 0.5) is 10.1 Å². The van der Waals surface area contributed by atoms with Crippen molar-refractivity contribution < 1.29 is 4.39 Å². The van der Waals surface area contributed by atoms with Gasteiger partial charge in [0.2, 0.25) is 0 Å². The molecule has 2 aromatic rings. The van der Waals surface area contributed by atoms with Crippen LogP contribution in [0, 0.1) is 5.82 Å². The van der Waals surface area contributed by atoms with Gasteiger partial charge in [0.25, 0.3) is 0 Å². The zero-order valence-corrected chi connectivity index (χ0v) is 12.4. The van der Waals surface area contributed by atoms with Crippen LogP contribution in [0.1, 0.15) is 11.1 Å². The standard InChI is InChI=1S/C13H14BrFN2S/c1-17(7-10-4-13(14)18-8-10)6-9-2-11(15)5-12(16)3-9/h2-5,8H,6-7,16H2,1H3. The summed E-state index contributed by atoms with van der Waals surface area (Å²) >= 11 is 5.11. The molecule has 1 aromatic carbocycles. The number of nitrogens with zero attached hydrogens (tertiary/aromatic N) is 1. The average Bonchev–Trinajstić information content (AvgIpc) is 2.61. The number of anilines is 1. The minimum Gasteiger partial charge on any atom is -0.399 e. The van der Waals surface area contributed by atoms with Crippen LogP contribution >= 0.6 is 27.3 Å². The van der Waals surface area contributed by atoms with E-state index in [1.807, 2.05) is 13.1 Å². The summed E-state index contributed by atoms with van der Waals surface area (Å²) in [4.78, 5) is 2.13. The van der Waals surface area contributed by atoms with E-state index in [2.05, 4.69) is 32.3 Å². The van der Waals surface area contributed by atoms with E-state index in [-0.39, 0.29) is 5.82 Å². The Morgan fingerprint density at radius 2 is 1.94 bits per heavy atom. The Kier molecular flexibility index (Phi) is 4.37. The van der Waals surface area contributed by atoms with Crippen LogP contribution in [0.25, 0.3) is 0 Å². The normalized spacial score (nSPS) is 11.1. The van der Waals surface area contributed by atoms with Gasteiger partial charge in [-0.25, -0.2) is 4.39 Å². The summed E-state index contributed by atoms with van der Waals surface area (Å²) in [5, 5.41) is 2.11. The Morgan fingerprint density at radius 1 is 1.22 bits per heavy atom. The zero-order valence-electron chi connectivity index (χ0n) is 9.99. The van der Waals surface area contributed by atoms with Gasteiger partial charge in [0.15, 0.2) is 0 Å². The lowest BCUT2D eigenvalue weighted by molar-refractivity contribution is 0.319. The van der Waals surface area contributed by atoms with Crippen molar-refractivity contribution >= 4 is 33.0 Å². The van der Waals surface area contributed by atoms with E-state index in [1.165, 1.54) is 17.7 Å². The highest BCUT2D eigenvalue weighted by molar-refractivity contribution is 9.11. The van der Waals surface area contributed by atoms with Crippen LogP contribution in [0.5, 0.6) is 0 Å². The molecule has 0 fully saturated rings. The van der Waals surface area contributed by atoms with Gasteiger partial charge >= 0.3 is 0 Å². The fraction of sp³-hybridized carbons (Fsp3) is 0.231. The van der Waals surface area contributed by atoms with Crippen molar-refractivity contribution in [1.82, 2.24) is 4.90 Å². The van der Waals surface area contributed by atoms with Crippen LogP contribution in [0.3, 0.4) is 0 Å². The molecule has 0 bridgehead atoms. The first-order valence-electron chi connectivity index (χ1n) is 5.49. The number of rotatable bonds is 4. The molecule has 0 saturated carbocycles. The molecular formula is C13H14BrFN2S. The maximum absolute atomic E-state index is 13.2. The molecule has 0 unspecified atom stereocenters. The highest BCUT2D eigenvalue weighted by atomic mass is 79.9. The molecule has 0 saturated heterocycles. The van der Waals surface area contributed by atoms with E-state index in [0.717, 1.165) is 15.9 Å². The molecule has 0 amide bonds. The molecule has 1 aromatic heterocycles. The highest BCUT2D eigenvalue weighted by Crippen LogP contribution is 2.22. The fourth-order valence-corrected chi connectivity index (χ4v) is 3.07. The molecule has 0 atom stereocenters. The summed E-state index contributed by atoms with van der Waals surface area (Å²) in [6, 6.07) is 6.76. The van der Waals surface area contributed by atoms with Gasteiger partial charge in [-0.05, 0) is 63.8 Å². The largest absolute Gasteiger partial charge is 0.399 e. The lowest BCUT2D eigenvalue weighted by Crippen LogP contribution is -2.17. The molecule has 0 aliphatic carbocycles. The van der Waals surface area contributed by atoms with Gasteiger partial charge in [0, 0.05) is 18.8 Å². The van der Waals surface area contributed by atoms with E-state index in [0.29, 0.717) is 12.2 Å². The lowest BCUT2D eigenvalue weighted by Gasteiger charge is -2.16. The number of thiophene rings is 1. The predicted octanol–water partition coefficient (Wildman–Crippen LogP) is 3.86. The van der Waals surface area contributed by atoms with Gasteiger partial charge in [-0.1, -0.05) is 0 Å². The second-order valence-electron chi connectivity index (χ2n) is 4.32. The molecule has 0 spiro atoms. The number of hydrogen-bond acceptors (Lipinski definition) is 3. The second kappa shape index (κ2) is 5.82. The maximum atomic E-state index is 13.2. The monoisotopic (exact) mass is 328 g/mol. The van der Waals surface area contributed by atoms with Crippen molar-refractivity contribution in [1.29, 1.82) is 0 Å². The SMILES string of the molecule is CN(Cc1cc(N)cc(F)c1)Cc1csc(Br)c1. The Balaban J connectivity index is 2.00. The van der Waals surface area contributed by atoms with Crippen molar-refractivity contribution in [2.75, 3.05) is 12.8 Å². The Labute approximate surface area is 118 Å². The van der Waals surface area contributed by atoms with Gasteiger partial charge in [-0.3, -0.25) is 4.90 Å². The first-order chi connectivity index (χ1) is 8.52. The summed E-state index contributed by atoms with van der Waals surface area (Å²) < 4.78 is 14.3. The zero-order chi connectivity index (χ0) is 13.1.